The van der Waals surface area contributed by atoms with E-state index in [2.05, 4.69) is 20.3 Å². The van der Waals surface area contributed by atoms with Crippen molar-refractivity contribution in [3.05, 3.63) is 82.0 Å². The third-order valence-corrected chi connectivity index (χ3v) is 4.24. The first-order chi connectivity index (χ1) is 12.6. The summed E-state index contributed by atoms with van der Waals surface area (Å²) < 4.78 is 1.31. The highest BCUT2D eigenvalue weighted by Crippen LogP contribution is 2.20. The summed E-state index contributed by atoms with van der Waals surface area (Å²) in [4.78, 5) is 17.1. The first-order valence-electron chi connectivity index (χ1n) is 8.26. The highest BCUT2D eigenvalue weighted by Gasteiger charge is 2.08. The van der Waals surface area contributed by atoms with Gasteiger partial charge in [-0.25, -0.2) is 4.98 Å². The Labute approximate surface area is 149 Å². The Balaban J connectivity index is 1.76. The average molecular weight is 343 g/mol. The Morgan fingerprint density at radius 1 is 1.08 bits per heavy atom. The van der Waals surface area contributed by atoms with Gasteiger partial charge >= 0.3 is 0 Å². The molecular weight excluding hydrogens is 326 g/mol. The van der Waals surface area contributed by atoms with E-state index >= 15 is 0 Å². The van der Waals surface area contributed by atoms with Gasteiger partial charge in [-0.1, -0.05) is 42.0 Å². The molecule has 0 radical (unpaired) electrons. The van der Waals surface area contributed by atoms with Crippen LogP contribution in [0.15, 0.2) is 64.6 Å². The maximum atomic E-state index is 12.7. The summed E-state index contributed by atoms with van der Waals surface area (Å²) in [7, 11) is 0. The highest BCUT2D eigenvalue weighted by molar-refractivity contribution is 5.88. The van der Waals surface area contributed by atoms with E-state index in [0.717, 1.165) is 16.8 Å². The number of rotatable bonds is 3. The van der Waals surface area contributed by atoms with E-state index in [9.17, 15) is 4.79 Å². The molecule has 2 aromatic carbocycles. The Kier molecular flexibility index (Phi) is 3.93. The van der Waals surface area contributed by atoms with Crippen LogP contribution >= 0.6 is 0 Å². The van der Waals surface area contributed by atoms with Crippen molar-refractivity contribution in [3.8, 4) is 11.3 Å². The number of nitrogens with one attached hydrogen (secondary N) is 1. The van der Waals surface area contributed by atoms with Crippen LogP contribution in [0.25, 0.3) is 22.2 Å². The first-order valence-corrected chi connectivity index (χ1v) is 8.26. The minimum absolute atomic E-state index is 0.190. The molecule has 26 heavy (non-hydrogen) atoms. The van der Waals surface area contributed by atoms with E-state index in [1.54, 1.807) is 25.4 Å². The third kappa shape index (κ3) is 2.82. The molecule has 0 fully saturated rings. The van der Waals surface area contributed by atoms with Crippen LogP contribution in [0, 0.1) is 13.8 Å². The van der Waals surface area contributed by atoms with Gasteiger partial charge in [-0.2, -0.15) is 14.9 Å². The predicted molar refractivity (Wildman–Crippen MR) is 102 cm³/mol. The second-order valence-electron chi connectivity index (χ2n) is 6.10. The topological polar surface area (TPSA) is 75.9 Å². The van der Waals surface area contributed by atoms with Gasteiger partial charge in [0.1, 0.15) is 5.82 Å². The number of H-pyrrole nitrogens is 1. The van der Waals surface area contributed by atoms with E-state index in [1.165, 1.54) is 10.2 Å². The second-order valence-corrected chi connectivity index (χ2v) is 6.10. The van der Waals surface area contributed by atoms with Crippen LogP contribution in [0.2, 0.25) is 0 Å². The highest BCUT2D eigenvalue weighted by atomic mass is 16.1. The fourth-order valence-electron chi connectivity index (χ4n) is 2.84. The van der Waals surface area contributed by atoms with Gasteiger partial charge in [-0.05, 0) is 26.0 Å². The molecule has 0 unspecified atom stereocenters. The van der Waals surface area contributed by atoms with Crippen LogP contribution in [0.5, 0.6) is 0 Å². The third-order valence-electron chi connectivity index (χ3n) is 4.24. The van der Waals surface area contributed by atoms with Gasteiger partial charge in [0.2, 0.25) is 0 Å². The molecule has 0 saturated heterocycles. The van der Waals surface area contributed by atoms with Crippen molar-refractivity contribution < 1.29 is 0 Å². The normalized spacial score (nSPS) is 11.5. The molecule has 0 aliphatic heterocycles. The minimum atomic E-state index is -0.190. The van der Waals surface area contributed by atoms with Gasteiger partial charge in [-0.15, -0.1) is 0 Å². The molecule has 6 nitrogen and oxygen atoms in total. The molecule has 0 atom stereocenters. The van der Waals surface area contributed by atoms with Crippen molar-refractivity contribution >= 4 is 17.1 Å². The van der Waals surface area contributed by atoms with Gasteiger partial charge in [0.25, 0.3) is 5.56 Å². The summed E-state index contributed by atoms with van der Waals surface area (Å²) in [5, 5.41) is 12.0. The number of aryl methyl sites for hydroxylation is 2. The molecule has 0 aliphatic carbocycles. The lowest BCUT2D eigenvalue weighted by Crippen LogP contribution is -2.20. The molecule has 1 N–H and O–H groups in total. The monoisotopic (exact) mass is 343 g/mol. The van der Waals surface area contributed by atoms with E-state index in [4.69, 9.17) is 0 Å². The second kappa shape index (κ2) is 6.40. The number of hydrogen-bond donors (Lipinski definition) is 1. The molecule has 0 saturated carbocycles. The molecule has 128 valence electrons. The molecule has 0 bridgehead atoms. The summed E-state index contributed by atoms with van der Waals surface area (Å²) in [6.07, 6.45) is 3.32. The van der Waals surface area contributed by atoms with E-state index in [0.29, 0.717) is 16.7 Å². The zero-order chi connectivity index (χ0) is 18.1. The molecule has 0 amide bonds. The van der Waals surface area contributed by atoms with E-state index < -0.39 is 0 Å². The summed E-state index contributed by atoms with van der Waals surface area (Å²) in [5.74, 6) is 0.533. The molecule has 4 aromatic rings. The van der Waals surface area contributed by atoms with Crippen molar-refractivity contribution in [2.24, 2.45) is 5.10 Å². The van der Waals surface area contributed by atoms with Crippen LogP contribution in [0.1, 0.15) is 17.0 Å². The Morgan fingerprint density at radius 3 is 2.65 bits per heavy atom. The fourth-order valence-corrected chi connectivity index (χ4v) is 2.84. The molecule has 4 rings (SSSR count). The summed E-state index contributed by atoms with van der Waals surface area (Å²) >= 11 is 0. The number of fused-ring (bicyclic) bond motifs is 1. The molecule has 2 heterocycles. The van der Waals surface area contributed by atoms with Crippen molar-refractivity contribution in [3.63, 3.8) is 0 Å². The zero-order valence-corrected chi connectivity index (χ0v) is 14.5. The number of benzene rings is 2. The quantitative estimate of drug-likeness (QED) is 0.580. The molecule has 6 heteroatoms. The first kappa shape index (κ1) is 16.0. The van der Waals surface area contributed by atoms with Crippen LogP contribution in [-0.4, -0.2) is 26.1 Å². The fraction of sp³-hybridized carbons (Fsp3) is 0.100. The SMILES string of the molecule is Cc1ccc(-c2[nH]ncc2/C=N/n2c(C)nc3ccccc3c2=O)cc1. The number of aromatic nitrogens is 4. The molecule has 0 spiro atoms. The van der Waals surface area contributed by atoms with Gasteiger partial charge < -0.3 is 0 Å². The van der Waals surface area contributed by atoms with Crippen LogP contribution in [0.4, 0.5) is 0 Å². The van der Waals surface area contributed by atoms with Crippen LogP contribution < -0.4 is 5.56 Å². The number of para-hydroxylation sites is 1. The van der Waals surface area contributed by atoms with Crippen molar-refractivity contribution in [1.82, 2.24) is 19.9 Å². The smallest absolute Gasteiger partial charge is 0.277 e. The van der Waals surface area contributed by atoms with Crippen molar-refractivity contribution in [2.45, 2.75) is 13.8 Å². The number of hydrogen-bond acceptors (Lipinski definition) is 4. The van der Waals surface area contributed by atoms with E-state index in [1.807, 2.05) is 49.4 Å². The Bertz CT molecular complexity index is 1170. The minimum Gasteiger partial charge on any atom is -0.277 e. The lowest BCUT2D eigenvalue weighted by atomic mass is 10.1. The molecule has 2 aromatic heterocycles. The summed E-state index contributed by atoms with van der Waals surface area (Å²) in [6, 6.07) is 15.4. The maximum absolute atomic E-state index is 12.7. The number of nitrogens with zero attached hydrogens (tertiary/aromatic N) is 4. The molecule has 0 aliphatic rings. The summed E-state index contributed by atoms with van der Waals surface area (Å²) in [6.45, 7) is 3.81. The van der Waals surface area contributed by atoms with Crippen molar-refractivity contribution in [1.29, 1.82) is 0 Å². The Hall–Kier alpha value is -3.54. The van der Waals surface area contributed by atoms with Crippen molar-refractivity contribution in [2.75, 3.05) is 0 Å². The zero-order valence-electron chi connectivity index (χ0n) is 14.5. The van der Waals surface area contributed by atoms with Gasteiger partial charge in [-0.3, -0.25) is 9.89 Å². The Morgan fingerprint density at radius 2 is 1.85 bits per heavy atom. The summed E-state index contributed by atoms with van der Waals surface area (Å²) in [5.41, 5.74) is 4.33. The standard InChI is InChI=1S/C20H17N5O/c1-13-7-9-15(10-8-13)19-16(11-21-24-19)12-22-25-14(2)23-18-6-4-3-5-17(18)20(25)26/h3-12H,1-2H3,(H,21,24)/b22-12+. The van der Waals surface area contributed by atoms with Gasteiger partial charge in [0, 0.05) is 11.1 Å². The van der Waals surface area contributed by atoms with Gasteiger partial charge in [0.15, 0.2) is 0 Å². The van der Waals surface area contributed by atoms with Crippen LogP contribution in [-0.2, 0) is 0 Å². The average Bonchev–Trinajstić information content (AvgIpc) is 3.11. The maximum Gasteiger partial charge on any atom is 0.282 e. The lowest BCUT2D eigenvalue weighted by molar-refractivity contribution is 0.771. The van der Waals surface area contributed by atoms with E-state index in [-0.39, 0.29) is 5.56 Å². The predicted octanol–water partition coefficient (Wildman–Crippen LogP) is 3.29. The van der Waals surface area contributed by atoms with Crippen LogP contribution in [0.3, 0.4) is 0 Å². The lowest BCUT2D eigenvalue weighted by Gasteiger charge is -2.05. The largest absolute Gasteiger partial charge is 0.282 e. The number of aromatic amines is 1. The molecular formula is C20H17N5O. The van der Waals surface area contributed by atoms with Gasteiger partial charge in [0.05, 0.1) is 29.0 Å².